The topological polar surface area (TPSA) is 50.7 Å². The summed E-state index contributed by atoms with van der Waals surface area (Å²) in [5.74, 6) is 1.87. The zero-order valence-electron chi connectivity index (χ0n) is 18.1. The summed E-state index contributed by atoms with van der Waals surface area (Å²) >= 11 is 0. The van der Waals surface area contributed by atoms with E-state index in [1.54, 1.807) is 14.2 Å². The van der Waals surface area contributed by atoms with E-state index in [1.807, 2.05) is 6.07 Å². The van der Waals surface area contributed by atoms with Gasteiger partial charge < -0.3 is 19.9 Å². The molecule has 0 saturated heterocycles. The molecule has 0 bridgehead atoms. The minimum absolute atomic E-state index is 0.0393. The third-order valence-corrected chi connectivity index (χ3v) is 6.84. The highest BCUT2D eigenvalue weighted by Crippen LogP contribution is 2.46. The van der Waals surface area contributed by atoms with Crippen LogP contribution in [0.25, 0.3) is 11.1 Å². The first-order valence-corrected chi connectivity index (χ1v) is 11.0. The van der Waals surface area contributed by atoms with Crippen LogP contribution in [-0.2, 0) is 12.8 Å². The van der Waals surface area contributed by atoms with E-state index in [2.05, 4.69) is 59.9 Å². The minimum atomic E-state index is -0.409. The van der Waals surface area contributed by atoms with Crippen LogP contribution >= 0.6 is 0 Å². The molecule has 0 amide bonds. The third-order valence-electron chi connectivity index (χ3n) is 6.84. The van der Waals surface area contributed by atoms with Crippen molar-refractivity contribution in [2.75, 3.05) is 20.8 Å². The quantitative estimate of drug-likeness (QED) is 0.629. The fourth-order valence-electron chi connectivity index (χ4n) is 5.28. The summed E-state index contributed by atoms with van der Waals surface area (Å²) in [6.45, 7) is 0.859. The summed E-state index contributed by atoms with van der Waals surface area (Å²) in [5, 5.41) is 14.4. The molecule has 0 radical (unpaired) electrons. The van der Waals surface area contributed by atoms with Crippen LogP contribution in [0.4, 0.5) is 0 Å². The number of ether oxygens (including phenoxy) is 2. The lowest BCUT2D eigenvalue weighted by Crippen LogP contribution is -2.46. The standard InChI is InChI=1S/C27H29NO3/c1-30-26-15-17-13-24(25(29)14-18(17)16-27(26)31-2)28-12-11-23-21-9-5-3-7-19(21)20-8-4-6-10-22(20)23/h3-10,15-16,23-25,28-29H,11-14H2,1-2H3/t24-,25-/m0/s1. The Hall–Kier alpha value is -2.82. The first kappa shape index (κ1) is 20.1. The highest BCUT2D eigenvalue weighted by Gasteiger charge is 2.30. The van der Waals surface area contributed by atoms with E-state index >= 15 is 0 Å². The van der Waals surface area contributed by atoms with Gasteiger partial charge in [0.05, 0.1) is 20.3 Å². The molecule has 0 spiro atoms. The summed E-state index contributed by atoms with van der Waals surface area (Å²) in [7, 11) is 3.31. The van der Waals surface area contributed by atoms with Gasteiger partial charge in [0.2, 0.25) is 0 Å². The van der Waals surface area contributed by atoms with Gasteiger partial charge in [-0.25, -0.2) is 0 Å². The SMILES string of the molecule is COc1cc2c(cc1OC)C[C@H](O)[C@@H](NCCC1c3ccccc3-c3ccccc31)C2. The van der Waals surface area contributed by atoms with Gasteiger partial charge >= 0.3 is 0 Å². The maximum atomic E-state index is 10.8. The van der Waals surface area contributed by atoms with Crippen LogP contribution in [0.15, 0.2) is 60.7 Å². The molecule has 2 N–H and O–H groups in total. The molecule has 0 fully saturated rings. The molecule has 4 heteroatoms. The fraction of sp³-hybridized carbons (Fsp3) is 0.333. The summed E-state index contributed by atoms with van der Waals surface area (Å²) in [6.07, 6.45) is 2.02. The van der Waals surface area contributed by atoms with Crippen LogP contribution in [0.5, 0.6) is 11.5 Å². The molecule has 3 aromatic rings. The van der Waals surface area contributed by atoms with Gasteiger partial charge in [-0.3, -0.25) is 0 Å². The summed E-state index contributed by atoms with van der Waals surface area (Å²) in [4.78, 5) is 0. The zero-order chi connectivity index (χ0) is 21.4. The molecule has 2 atom stereocenters. The van der Waals surface area contributed by atoms with Crippen molar-refractivity contribution in [1.29, 1.82) is 0 Å². The molecule has 0 aromatic heterocycles. The Morgan fingerprint density at radius 3 is 1.97 bits per heavy atom. The molecule has 3 aromatic carbocycles. The van der Waals surface area contributed by atoms with Crippen molar-refractivity contribution in [3.63, 3.8) is 0 Å². The van der Waals surface area contributed by atoms with Crippen LogP contribution in [-0.4, -0.2) is 38.0 Å². The van der Waals surface area contributed by atoms with Gasteiger partial charge in [-0.15, -0.1) is 0 Å². The maximum Gasteiger partial charge on any atom is 0.161 e. The van der Waals surface area contributed by atoms with Crippen molar-refractivity contribution in [1.82, 2.24) is 5.32 Å². The van der Waals surface area contributed by atoms with Gasteiger partial charge in [0.25, 0.3) is 0 Å². The molecule has 5 rings (SSSR count). The van der Waals surface area contributed by atoms with E-state index in [1.165, 1.54) is 27.8 Å². The van der Waals surface area contributed by atoms with Gasteiger partial charge in [-0.2, -0.15) is 0 Å². The van der Waals surface area contributed by atoms with Crippen molar-refractivity contribution in [3.8, 4) is 22.6 Å². The summed E-state index contributed by atoms with van der Waals surface area (Å²) in [5.41, 5.74) is 7.90. The van der Waals surface area contributed by atoms with E-state index in [-0.39, 0.29) is 6.04 Å². The number of benzene rings is 3. The van der Waals surface area contributed by atoms with Crippen molar-refractivity contribution in [2.24, 2.45) is 0 Å². The Labute approximate surface area is 183 Å². The van der Waals surface area contributed by atoms with Crippen molar-refractivity contribution in [2.45, 2.75) is 37.3 Å². The van der Waals surface area contributed by atoms with Gasteiger partial charge in [0.15, 0.2) is 11.5 Å². The van der Waals surface area contributed by atoms with E-state index in [0.717, 1.165) is 36.4 Å². The maximum absolute atomic E-state index is 10.8. The largest absolute Gasteiger partial charge is 0.493 e. The molecule has 160 valence electrons. The number of aliphatic hydroxyl groups is 1. The van der Waals surface area contributed by atoms with Crippen LogP contribution in [0.1, 0.15) is 34.6 Å². The Kier molecular flexibility index (Phi) is 5.43. The van der Waals surface area contributed by atoms with Gasteiger partial charge in [-0.05, 0) is 64.9 Å². The van der Waals surface area contributed by atoms with E-state index < -0.39 is 6.10 Å². The molecular formula is C27H29NO3. The number of rotatable bonds is 6. The number of aliphatic hydroxyl groups excluding tert-OH is 1. The van der Waals surface area contributed by atoms with Crippen molar-refractivity contribution in [3.05, 3.63) is 82.9 Å². The highest BCUT2D eigenvalue weighted by molar-refractivity contribution is 5.78. The van der Waals surface area contributed by atoms with Crippen molar-refractivity contribution < 1.29 is 14.6 Å². The number of hydrogen-bond acceptors (Lipinski definition) is 4. The summed E-state index contributed by atoms with van der Waals surface area (Å²) < 4.78 is 10.9. The lowest BCUT2D eigenvalue weighted by Gasteiger charge is -2.31. The Balaban J connectivity index is 1.29. The monoisotopic (exact) mass is 415 g/mol. The molecule has 0 aliphatic heterocycles. The Morgan fingerprint density at radius 1 is 0.839 bits per heavy atom. The predicted octanol–water partition coefficient (Wildman–Crippen LogP) is 4.32. The van der Waals surface area contributed by atoms with Gasteiger partial charge in [0.1, 0.15) is 0 Å². The summed E-state index contributed by atoms with van der Waals surface area (Å²) in [6, 6.07) is 21.6. The molecule has 31 heavy (non-hydrogen) atoms. The van der Waals surface area contributed by atoms with Crippen LogP contribution < -0.4 is 14.8 Å². The first-order valence-electron chi connectivity index (χ1n) is 11.0. The number of fused-ring (bicyclic) bond motifs is 4. The Morgan fingerprint density at radius 2 is 1.39 bits per heavy atom. The lowest BCUT2D eigenvalue weighted by molar-refractivity contribution is 0.119. The number of nitrogens with one attached hydrogen (secondary N) is 1. The molecule has 0 heterocycles. The highest BCUT2D eigenvalue weighted by atomic mass is 16.5. The van der Waals surface area contributed by atoms with Gasteiger partial charge in [0, 0.05) is 18.4 Å². The second kappa shape index (κ2) is 8.37. The van der Waals surface area contributed by atoms with E-state index in [0.29, 0.717) is 12.3 Å². The van der Waals surface area contributed by atoms with E-state index in [4.69, 9.17) is 9.47 Å². The molecule has 4 nitrogen and oxygen atoms in total. The Bertz CT molecular complexity index is 1050. The average Bonchev–Trinajstić information content (AvgIpc) is 3.12. The van der Waals surface area contributed by atoms with E-state index in [9.17, 15) is 5.11 Å². The molecule has 2 aliphatic carbocycles. The first-order chi connectivity index (χ1) is 15.2. The second-order valence-electron chi connectivity index (χ2n) is 8.53. The third kappa shape index (κ3) is 3.60. The molecule has 2 aliphatic rings. The zero-order valence-corrected chi connectivity index (χ0v) is 18.1. The average molecular weight is 416 g/mol. The molecular weight excluding hydrogens is 386 g/mol. The molecule has 0 saturated carbocycles. The van der Waals surface area contributed by atoms with Crippen molar-refractivity contribution >= 4 is 0 Å². The van der Waals surface area contributed by atoms with Crippen LogP contribution in [0.3, 0.4) is 0 Å². The normalized spacial score (nSPS) is 19.5. The fourth-order valence-corrected chi connectivity index (χ4v) is 5.28. The van der Waals surface area contributed by atoms with Crippen LogP contribution in [0, 0.1) is 0 Å². The lowest BCUT2D eigenvalue weighted by atomic mass is 9.85. The number of methoxy groups -OCH3 is 2. The smallest absolute Gasteiger partial charge is 0.161 e. The molecule has 0 unspecified atom stereocenters. The minimum Gasteiger partial charge on any atom is -0.493 e. The number of hydrogen-bond donors (Lipinski definition) is 2. The van der Waals surface area contributed by atoms with Gasteiger partial charge in [-0.1, -0.05) is 48.5 Å². The predicted molar refractivity (Wildman–Crippen MR) is 123 cm³/mol. The van der Waals surface area contributed by atoms with Crippen LogP contribution in [0.2, 0.25) is 0 Å². The second-order valence-corrected chi connectivity index (χ2v) is 8.53.